The largest absolute Gasteiger partial charge is 0.467 e. The van der Waals surface area contributed by atoms with Crippen LogP contribution >= 0.6 is 0 Å². The number of carbonyl (C=O) groups excluding carboxylic acids is 1. The van der Waals surface area contributed by atoms with E-state index in [-0.39, 0.29) is 6.61 Å². The van der Waals surface area contributed by atoms with E-state index < -0.39 is 53.9 Å². The first-order chi connectivity index (χ1) is 11.0. The Labute approximate surface area is 139 Å². The van der Waals surface area contributed by atoms with Crippen LogP contribution in [0.3, 0.4) is 0 Å². The highest BCUT2D eigenvalue weighted by Crippen LogP contribution is 2.49. The summed E-state index contributed by atoms with van der Waals surface area (Å²) in [6.45, 7) is 6.85. The first kappa shape index (κ1) is 18.0. The Kier molecular flexibility index (Phi) is 4.20. The highest BCUT2D eigenvalue weighted by Gasteiger charge is 2.69. The highest BCUT2D eigenvalue weighted by molar-refractivity contribution is 5.75. The Morgan fingerprint density at radius 1 is 1.12 bits per heavy atom. The molecule has 9 nitrogen and oxygen atoms in total. The number of methoxy groups -OCH3 is 1. The van der Waals surface area contributed by atoms with Crippen molar-refractivity contribution in [3.8, 4) is 0 Å². The van der Waals surface area contributed by atoms with E-state index in [0.717, 1.165) is 7.11 Å². The second-order valence-electron chi connectivity index (χ2n) is 7.12. The van der Waals surface area contributed by atoms with Crippen LogP contribution in [0.15, 0.2) is 0 Å². The number of rotatable bonds is 3. The number of fused-ring (bicyclic) bond motifs is 3. The van der Waals surface area contributed by atoms with Crippen LogP contribution < -0.4 is 0 Å². The maximum absolute atomic E-state index is 11.6. The second-order valence-corrected chi connectivity index (χ2v) is 7.12. The zero-order valence-corrected chi connectivity index (χ0v) is 14.3. The molecule has 0 aromatic rings. The SMILES string of the molecule is COC(=O)[C@@H](O)[C@@H](O)[C@@]12OC[C@H]3OC(C)(C)O[C@H]3[C@@H]1OC(C)(C)O2. The van der Waals surface area contributed by atoms with Crippen molar-refractivity contribution in [3.05, 3.63) is 0 Å². The van der Waals surface area contributed by atoms with Gasteiger partial charge in [0.2, 0.25) is 5.79 Å². The topological polar surface area (TPSA) is 113 Å². The number of aliphatic hydroxyl groups excluding tert-OH is 2. The van der Waals surface area contributed by atoms with Crippen molar-refractivity contribution in [2.24, 2.45) is 0 Å². The van der Waals surface area contributed by atoms with E-state index in [9.17, 15) is 15.0 Å². The number of aliphatic hydroxyl groups is 2. The summed E-state index contributed by atoms with van der Waals surface area (Å²) in [5.41, 5.74) is 0. The van der Waals surface area contributed by atoms with Gasteiger partial charge in [0, 0.05) is 0 Å². The molecule has 0 spiro atoms. The van der Waals surface area contributed by atoms with Crippen molar-refractivity contribution in [2.75, 3.05) is 13.7 Å². The lowest BCUT2D eigenvalue weighted by atomic mass is 9.90. The van der Waals surface area contributed by atoms with E-state index in [1.807, 2.05) is 0 Å². The summed E-state index contributed by atoms with van der Waals surface area (Å²) < 4.78 is 33.5. The molecule has 6 atom stereocenters. The van der Waals surface area contributed by atoms with Crippen LogP contribution in [-0.4, -0.2) is 77.8 Å². The van der Waals surface area contributed by atoms with E-state index >= 15 is 0 Å². The number of esters is 1. The molecule has 3 saturated heterocycles. The van der Waals surface area contributed by atoms with Gasteiger partial charge in [0.15, 0.2) is 17.7 Å². The summed E-state index contributed by atoms with van der Waals surface area (Å²) in [6.07, 6.45) is -5.50. The molecule has 9 heteroatoms. The van der Waals surface area contributed by atoms with Gasteiger partial charge in [0.05, 0.1) is 13.7 Å². The monoisotopic (exact) mass is 348 g/mol. The van der Waals surface area contributed by atoms with Gasteiger partial charge in [0.1, 0.15) is 24.4 Å². The van der Waals surface area contributed by atoms with Crippen molar-refractivity contribution < 1.29 is 43.4 Å². The van der Waals surface area contributed by atoms with Crippen LogP contribution in [0, 0.1) is 0 Å². The number of hydrogen-bond donors (Lipinski definition) is 2. The highest BCUT2D eigenvalue weighted by atomic mass is 16.9. The molecule has 0 saturated carbocycles. The summed E-state index contributed by atoms with van der Waals surface area (Å²) >= 11 is 0. The minimum absolute atomic E-state index is 0.0506. The standard InChI is InChI=1S/C15H24O9/c1-13(2)21-7-6-20-15(10(17)8(16)12(18)19-5)11(9(7)22-13)23-14(3,4)24-15/h7-11,16-17H,6H2,1-5H3/t7-,8+,9-,10-,11+,15+/m1/s1. The first-order valence-electron chi connectivity index (χ1n) is 7.83. The zero-order chi connectivity index (χ0) is 17.9. The average Bonchev–Trinajstić information content (AvgIpc) is 2.96. The van der Waals surface area contributed by atoms with Gasteiger partial charge in [-0.05, 0) is 27.7 Å². The van der Waals surface area contributed by atoms with Gasteiger partial charge in [-0.25, -0.2) is 4.79 Å². The molecule has 0 amide bonds. The summed E-state index contributed by atoms with van der Waals surface area (Å²) in [4.78, 5) is 11.6. The fraction of sp³-hybridized carbons (Fsp3) is 0.933. The van der Waals surface area contributed by atoms with Crippen LogP contribution in [0.1, 0.15) is 27.7 Å². The third-order valence-electron chi connectivity index (χ3n) is 4.36. The van der Waals surface area contributed by atoms with E-state index in [0.29, 0.717) is 0 Å². The number of hydrogen-bond acceptors (Lipinski definition) is 9. The molecule has 3 fully saturated rings. The Hall–Kier alpha value is -0.810. The van der Waals surface area contributed by atoms with E-state index in [1.165, 1.54) is 0 Å². The first-order valence-corrected chi connectivity index (χ1v) is 7.83. The fourth-order valence-electron chi connectivity index (χ4n) is 3.51. The Bertz CT molecular complexity index is 519. The van der Waals surface area contributed by atoms with Crippen molar-refractivity contribution in [1.82, 2.24) is 0 Å². The molecule has 138 valence electrons. The van der Waals surface area contributed by atoms with E-state index in [1.54, 1.807) is 27.7 Å². The third-order valence-corrected chi connectivity index (χ3v) is 4.36. The van der Waals surface area contributed by atoms with Crippen molar-refractivity contribution >= 4 is 5.97 Å². The minimum Gasteiger partial charge on any atom is -0.467 e. The number of ether oxygens (including phenoxy) is 6. The molecule has 0 unspecified atom stereocenters. The molecule has 0 bridgehead atoms. The molecule has 0 aromatic carbocycles. The smallest absolute Gasteiger partial charge is 0.337 e. The van der Waals surface area contributed by atoms with Gasteiger partial charge < -0.3 is 38.6 Å². The molecule has 0 aliphatic carbocycles. The van der Waals surface area contributed by atoms with Crippen molar-refractivity contribution in [3.63, 3.8) is 0 Å². The fourth-order valence-corrected chi connectivity index (χ4v) is 3.51. The molecule has 2 N–H and O–H groups in total. The van der Waals surface area contributed by atoms with Crippen LogP contribution in [0.4, 0.5) is 0 Å². The Morgan fingerprint density at radius 3 is 2.42 bits per heavy atom. The van der Waals surface area contributed by atoms with Crippen LogP contribution in [-0.2, 0) is 33.2 Å². The quantitative estimate of drug-likeness (QED) is 0.638. The molecule has 3 aliphatic rings. The molecule has 3 aliphatic heterocycles. The molecule has 0 aromatic heterocycles. The van der Waals surface area contributed by atoms with E-state index in [2.05, 4.69) is 4.74 Å². The zero-order valence-electron chi connectivity index (χ0n) is 14.3. The predicted molar refractivity (Wildman–Crippen MR) is 76.6 cm³/mol. The number of carbonyl (C=O) groups is 1. The summed E-state index contributed by atoms with van der Waals surface area (Å²) in [6, 6.07) is 0. The summed E-state index contributed by atoms with van der Waals surface area (Å²) in [5, 5.41) is 20.7. The Morgan fingerprint density at radius 2 is 1.79 bits per heavy atom. The van der Waals surface area contributed by atoms with Gasteiger partial charge in [-0.3, -0.25) is 0 Å². The lowest BCUT2D eigenvalue weighted by Gasteiger charge is -2.43. The molecular weight excluding hydrogens is 324 g/mol. The van der Waals surface area contributed by atoms with Gasteiger partial charge in [0.25, 0.3) is 0 Å². The predicted octanol–water partition coefficient (Wildman–Crippen LogP) is -0.721. The second kappa shape index (κ2) is 5.60. The lowest BCUT2D eigenvalue weighted by molar-refractivity contribution is -0.328. The van der Waals surface area contributed by atoms with E-state index in [4.69, 9.17) is 23.7 Å². The van der Waals surface area contributed by atoms with Gasteiger partial charge in [-0.15, -0.1) is 0 Å². The van der Waals surface area contributed by atoms with Crippen LogP contribution in [0.5, 0.6) is 0 Å². The van der Waals surface area contributed by atoms with Crippen molar-refractivity contribution in [1.29, 1.82) is 0 Å². The third kappa shape index (κ3) is 2.74. The van der Waals surface area contributed by atoms with Gasteiger partial charge in [-0.2, -0.15) is 0 Å². The molecule has 24 heavy (non-hydrogen) atoms. The molecular formula is C15H24O9. The van der Waals surface area contributed by atoms with Crippen molar-refractivity contribution in [2.45, 2.75) is 75.6 Å². The maximum atomic E-state index is 11.6. The van der Waals surface area contributed by atoms with Crippen LogP contribution in [0.25, 0.3) is 0 Å². The van der Waals surface area contributed by atoms with Crippen LogP contribution in [0.2, 0.25) is 0 Å². The summed E-state index contributed by atoms with van der Waals surface area (Å²) in [5.74, 6) is -4.75. The molecule has 3 rings (SSSR count). The normalized spacial score (nSPS) is 42.0. The molecule has 0 radical (unpaired) electrons. The Balaban J connectivity index is 1.94. The maximum Gasteiger partial charge on any atom is 0.337 e. The van der Waals surface area contributed by atoms with Gasteiger partial charge >= 0.3 is 5.97 Å². The summed E-state index contributed by atoms with van der Waals surface area (Å²) in [7, 11) is 1.11. The molecule has 3 heterocycles. The average molecular weight is 348 g/mol. The lowest BCUT2D eigenvalue weighted by Crippen LogP contribution is -2.66. The minimum atomic E-state index is -1.86. The van der Waals surface area contributed by atoms with Gasteiger partial charge in [-0.1, -0.05) is 0 Å².